The molecule has 0 amide bonds. The lowest BCUT2D eigenvalue weighted by molar-refractivity contribution is 0.328. The third kappa shape index (κ3) is 2.64. The summed E-state index contributed by atoms with van der Waals surface area (Å²) in [5.74, 6) is 1.91. The highest BCUT2D eigenvalue weighted by molar-refractivity contribution is 6.30. The van der Waals surface area contributed by atoms with E-state index >= 15 is 0 Å². The van der Waals surface area contributed by atoms with Crippen LogP contribution in [0.5, 0.6) is 11.6 Å². The molecule has 0 aliphatic carbocycles. The summed E-state index contributed by atoms with van der Waals surface area (Å²) in [4.78, 5) is 12.1. The summed E-state index contributed by atoms with van der Waals surface area (Å²) >= 11 is 6.06. The predicted molar refractivity (Wildman–Crippen MR) is 82.1 cm³/mol. The van der Waals surface area contributed by atoms with E-state index in [1.807, 2.05) is 31.2 Å². The Labute approximate surface area is 126 Å². The van der Waals surface area contributed by atoms with Crippen molar-refractivity contribution in [3.05, 3.63) is 35.4 Å². The van der Waals surface area contributed by atoms with Crippen molar-refractivity contribution in [1.82, 2.24) is 15.0 Å². The highest BCUT2D eigenvalue weighted by Gasteiger charge is 2.12. The Morgan fingerprint density at radius 2 is 2.05 bits per heavy atom. The van der Waals surface area contributed by atoms with Gasteiger partial charge in [0.1, 0.15) is 11.6 Å². The third-order valence-corrected chi connectivity index (χ3v) is 3.26. The van der Waals surface area contributed by atoms with Crippen LogP contribution in [-0.4, -0.2) is 28.7 Å². The van der Waals surface area contributed by atoms with Crippen molar-refractivity contribution in [3.8, 4) is 23.0 Å². The molecule has 1 N–H and O–H groups in total. The normalized spacial score (nSPS) is 10.8. The summed E-state index contributed by atoms with van der Waals surface area (Å²) in [6, 6.07) is 9.09. The Kier molecular flexibility index (Phi) is 3.66. The van der Waals surface area contributed by atoms with Gasteiger partial charge in [-0.3, -0.25) is 0 Å². The molecule has 21 heavy (non-hydrogen) atoms. The Morgan fingerprint density at radius 1 is 1.19 bits per heavy atom. The molecule has 0 spiro atoms. The summed E-state index contributed by atoms with van der Waals surface area (Å²) in [7, 11) is 1.61. The molecular formula is C15H14ClN3O2. The summed E-state index contributed by atoms with van der Waals surface area (Å²) in [5.41, 5.74) is 2.22. The maximum Gasteiger partial charge on any atom is 0.215 e. The zero-order valence-electron chi connectivity index (χ0n) is 11.7. The van der Waals surface area contributed by atoms with Crippen LogP contribution in [-0.2, 0) is 0 Å². The topological polar surface area (TPSA) is 60.0 Å². The number of H-pyrrole nitrogens is 1. The molecule has 0 aliphatic rings. The van der Waals surface area contributed by atoms with E-state index in [1.165, 1.54) is 0 Å². The number of aromatic nitrogens is 3. The molecule has 2 aromatic heterocycles. The average Bonchev–Trinajstić information content (AvgIpc) is 2.90. The number of benzene rings is 1. The second kappa shape index (κ2) is 5.61. The van der Waals surface area contributed by atoms with E-state index in [0.29, 0.717) is 34.7 Å². The molecule has 0 radical (unpaired) electrons. The molecule has 0 bridgehead atoms. The smallest absolute Gasteiger partial charge is 0.215 e. The standard InChI is InChI=1S/C15H14ClN3O2/c1-3-21-13-7-5-11-15(18-13)19-14(17-11)10-8-9(16)4-6-12(10)20-2/h4-8H,3H2,1-2H3,(H,17,18,19). The first-order valence-electron chi connectivity index (χ1n) is 6.54. The molecular weight excluding hydrogens is 290 g/mol. The van der Waals surface area contributed by atoms with Crippen molar-refractivity contribution >= 4 is 22.8 Å². The second-order valence-electron chi connectivity index (χ2n) is 4.38. The van der Waals surface area contributed by atoms with E-state index in [4.69, 9.17) is 21.1 Å². The van der Waals surface area contributed by atoms with Gasteiger partial charge in [-0.15, -0.1) is 0 Å². The van der Waals surface area contributed by atoms with E-state index in [9.17, 15) is 0 Å². The molecule has 0 aliphatic heterocycles. The first-order valence-corrected chi connectivity index (χ1v) is 6.92. The fourth-order valence-corrected chi connectivity index (χ4v) is 2.27. The zero-order valence-corrected chi connectivity index (χ0v) is 12.4. The lowest BCUT2D eigenvalue weighted by atomic mass is 10.2. The molecule has 1 aromatic carbocycles. The van der Waals surface area contributed by atoms with Crippen LogP contribution in [0.3, 0.4) is 0 Å². The lowest BCUT2D eigenvalue weighted by Gasteiger charge is -2.05. The molecule has 6 heteroatoms. The van der Waals surface area contributed by atoms with Crippen LogP contribution in [0.2, 0.25) is 5.02 Å². The highest BCUT2D eigenvalue weighted by Crippen LogP contribution is 2.31. The number of nitrogens with one attached hydrogen (secondary N) is 1. The minimum absolute atomic E-state index is 0.557. The van der Waals surface area contributed by atoms with Crippen LogP contribution in [0, 0.1) is 0 Å². The Bertz CT molecular complexity index is 786. The predicted octanol–water partition coefficient (Wildman–Crippen LogP) is 3.69. The maximum atomic E-state index is 6.06. The number of aromatic amines is 1. The van der Waals surface area contributed by atoms with Crippen LogP contribution in [0.15, 0.2) is 30.3 Å². The van der Waals surface area contributed by atoms with Crippen LogP contribution in [0.4, 0.5) is 0 Å². The van der Waals surface area contributed by atoms with Crippen molar-refractivity contribution in [2.75, 3.05) is 13.7 Å². The summed E-state index contributed by atoms with van der Waals surface area (Å²) in [6.45, 7) is 2.48. The number of methoxy groups -OCH3 is 1. The number of hydrogen-bond donors (Lipinski definition) is 1. The molecule has 0 saturated carbocycles. The monoisotopic (exact) mass is 303 g/mol. The minimum Gasteiger partial charge on any atom is -0.496 e. The molecule has 108 valence electrons. The van der Waals surface area contributed by atoms with Crippen LogP contribution in [0.1, 0.15) is 6.92 Å². The summed E-state index contributed by atoms with van der Waals surface area (Å²) < 4.78 is 10.7. The fraction of sp³-hybridized carbons (Fsp3) is 0.200. The largest absolute Gasteiger partial charge is 0.496 e. The van der Waals surface area contributed by atoms with Crippen molar-refractivity contribution in [2.45, 2.75) is 6.92 Å². The summed E-state index contributed by atoms with van der Waals surface area (Å²) in [6.07, 6.45) is 0. The molecule has 0 fully saturated rings. The number of halogens is 1. The molecule has 0 saturated heterocycles. The van der Waals surface area contributed by atoms with Gasteiger partial charge in [-0.1, -0.05) is 11.6 Å². The van der Waals surface area contributed by atoms with Gasteiger partial charge in [0.2, 0.25) is 5.88 Å². The van der Waals surface area contributed by atoms with Gasteiger partial charge in [0.15, 0.2) is 5.65 Å². The molecule has 0 unspecified atom stereocenters. The van der Waals surface area contributed by atoms with Gasteiger partial charge in [0.05, 0.1) is 24.8 Å². The molecule has 3 aromatic rings. The Morgan fingerprint density at radius 3 is 2.81 bits per heavy atom. The van der Waals surface area contributed by atoms with Gasteiger partial charge in [-0.2, -0.15) is 4.98 Å². The zero-order chi connectivity index (χ0) is 14.8. The number of nitrogens with zero attached hydrogens (tertiary/aromatic N) is 2. The van der Waals surface area contributed by atoms with Gasteiger partial charge in [-0.05, 0) is 31.2 Å². The molecule has 5 nitrogen and oxygen atoms in total. The Hall–Kier alpha value is -2.27. The maximum absolute atomic E-state index is 6.06. The van der Waals surface area contributed by atoms with Crippen LogP contribution < -0.4 is 9.47 Å². The molecule has 0 atom stereocenters. The first kappa shape index (κ1) is 13.7. The lowest BCUT2D eigenvalue weighted by Crippen LogP contribution is -1.93. The van der Waals surface area contributed by atoms with Gasteiger partial charge < -0.3 is 14.5 Å². The van der Waals surface area contributed by atoms with E-state index < -0.39 is 0 Å². The molecule has 3 rings (SSSR count). The number of ether oxygens (including phenoxy) is 2. The minimum atomic E-state index is 0.557. The molecule has 2 heterocycles. The van der Waals surface area contributed by atoms with Crippen molar-refractivity contribution in [3.63, 3.8) is 0 Å². The van der Waals surface area contributed by atoms with Crippen molar-refractivity contribution in [1.29, 1.82) is 0 Å². The highest BCUT2D eigenvalue weighted by atomic mass is 35.5. The number of hydrogen-bond acceptors (Lipinski definition) is 4. The number of pyridine rings is 1. The number of fused-ring (bicyclic) bond motifs is 1. The quantitative estimate of drug-likeness (QED) is 0.798. The average molecular weight is 304 g/mol. The van der Waals surface area contributed by atoms with Gasteiger partial charge >= 0.3 is 0 Å². The Balaban J connectivity index is 2.10. The second-order valence-corrected chi connectivity index (χ2v) is 4.82. The van der Waals surface area contributed by atoms with Crippen molar-refractivity contribution < 1.29 is 9.47 Å². The van der Waals surface area contributed by atoms with Crippen LogP contribution >= 0.6 is 11.6 Å². The summed E-state index contributed by atoms with van der Waals surface area (Å²) in [5, 5.41) is 0.620. The fourth-order valence-electron chi connectivity index (χ4n) is 2.10. The van der Waals surface area contributed by atoms with Gasteiger partial charge in [-0.25, -0.2) is 4.98 Å². The number of rotatable bonds is 4. The van der Waals surface area contributed by atoms with E-state index in [1.54, 1.807) is 13.2 Å². The number of imidazole rings is 1. The van der Waals surface area contributed by atoms with Gasteiger partial charge in [0, 0.05) is 11.1 Å². The third-order valence-electron chi connectivity index (χ3n) is 3.03. The van der Waals surface area contributed by atoms with E-state index in [-0.39, 0.29) is 0 Å². The first-order chi connectivity index (χ1) is 10.2. The van der Waals surface area contributed by atoms with Crippen molar-refractivity contribution in [2.24, 2.45) is 0 Å². The SMILES string of the molecule is CCOc1ccc2[nH]c(-c3cc(Cl)ccc3OC)nc2n1. The van der Waals surface area contributed by atoms with E-state index in [2.05, 4.69) is 15.0 Å². The van der Waals surface area contributed by atoms with E-state index in [0.717, 1.165) is 11.1 Å². The van der Waals surface area contributed by atoms with Gasteiger partial charge in [0.25, 0.3) is 0 Å². The van der Waals surface area contributed by atoms with Crippen LogP contribution in [0.25, 0.3) is 22.6 Å².